The van der Waals surface area contributed by atoms with Gasteiger partial charge in [-0.05, 0) is 48.1 Å². The fraction of sp³-hybridized carbons (Fsp3) is 0.462. The lowest BCUT2D eigenvalue weighted by Gasteiger charge is -2.14. The molecular formula is C13H20BrN3O3S. The second-order valence-electron chi connectivity index (χ2n) is 4.83. The number of halogens is 1. The summed E-state index contributed by atoms with van der Waals surface area (Å²) >= 11 is 3.22. The Hall–Kier alpha value is -0.960. The lowest BCUT2D eigenvalue weighted by molar-refractivity contribution is 0.0950. The molecule has 118 valence electrons. The van der Waals surface area contributed by atoms with Crippen molar-refractivity contribution in [3.05, 3.63) is 28.2 Å². The van der Waals surface area contributed by atoms with Crippen LogP contribution in [0.2, 0.25) is 0 Å². The second-order valence-corrected chi connectivity index (χ2v) is 7.81. The molecule has 1 unspecified atom stereocenters. The zero-order valence-corrected chi connectivity index (χ0v) is 14.9. The average Bonchev–Trinajstić information content (AvgIpc) is 2.43. The zero-order chi connectivity index (χ0) is 16.2. The van der Waals surface area contributed by atoms with E-state index in [-0.39, 0.29) is 16.8 Å². The molecule has 1 aromatic carbocycles. The zero-order valence-electron chi connectivity index (χ0n) is 12.5. The molecule has 0 fully saturated rings. The van der Waals surface area contributed by atoms with Gasteiger partial charge in [-0.3, -0.25) is 4.79 Å². The number of nitrogens with one attached hydrogen (secondary N) is 2. The quantitative estimate of drug-likeness (QED) is 0.776. The van der Waals surface area contributed by atoms with E-state index in [9.17, 15) is 13.2 Å². The van der Waals surface area contributed by atoms with E-state index in [2.05, 4.69) is 26.6 Å². The topological polar surface area (TPSA) is 78.5 Å². The molecule has 2 N–H and O–H groups in total. The number of carbonyl (C=O) groups is 1. The molecule has 1 amide bonds. The van der Waals surface area contributed by atoms with Gasteiger partial charge in [-0.2, -0.15) is 0 Å². The Kier molecular flexibility index (Phi) is 6.33. The molecule has 1 atom stereocenters. The third-order valence-electron chi connectivity index (χ3n) is 3.01. The van der Waals surface area contributed by atoms with Gasteiger partial charge in [0.15, 0.2) is 0 Å². The molecule has 0 radical (unpaired) electrons. The number of amides is 1. The molecule has 1 rings (SSSR count). The molecule has 0 saturated carbocycles. The summed E-state index contributed by atoms with van der Waals surface area (Å²) in [5.41, 5.74) is 0.405. The second kappa shape index (κ2) is 7.35. The molecule has 6 nitrogen and oxygen atoms in total. The van der Waals surface area contributed by atoms with Gasteiger partial charge in [-0.1, -0.05) is 0 Å². The first-order valence-electron chi connectivity index (χ1n) is 6.37. The van der Waals surface area contributed by atoms with Gasteiger partial charge in [0.1, 0.15) is 0 Å². The van der Waals surface area contributed by atoms with Crippen molar-refractivity contribution in [1.29, 1.82) is 0 Å². The number of benzene rings is 1. The van der Waals surface area contributed by atoms with Gasteiger partial charge < -0.3 is 10.6 Å². The minimum Gasteiger partial charge on any atom is -0.350 e. The summed E-state index contributed by atoms with van der Waals surface area (Å²) in [4.78, 5) is 12.1. The van der Waals surface area contributed by atoms with Crippen molar-refractivity contribution < 1.29 is 13.2 Å². The SMILES string of the molecule is CNC(C)CNC(=O)c1ccc(S(=O)(=O)N(C)C)c(Br)c1. The van der Waals surface area contributed by atoms with Crippen LogP contribution in [0.15, 0.2) is 27.6 Å². The highest BCUT2D eigenvalue weighted by molar-refractivity contribution is 9.10. The van der Waals surface area contributed by atoms with Crippen LogP contribution in [0, 0.1) is 0 Å². The molecule has 0 aliphatic carbocycles. The molecule has 0 saturated heterocycles. The molecule has 21 heavy (non-hydrogen) atoms. The van der Waals surface area contributed by atoms with Crippen molar-refractivity contribution in [2.45, 2.75) is 17.9 Å². The maximum absolute atomic E-state index is 12.1. The van der Waals surface area contributed by atoms with Gasteiger partial charge in [-0.15, -0.1) is 0 Å². The van der Waals surface area contributed by atoms with Crippen molar-refractivity contribution >= 4 is 31.9 Å². The third kappa shape index (κ3) is 4.50. The number of likely N-dealkylation sites (N-methyl/N-ethyl adjacent to an activating group) is 1. The predicted molar refractivity (Wildman–Crippen MR) is 85.9 cm³/mol. The summed E-state index contributed by atoms with van der Waals surface area (Å²) in [5, 5.41) is 5.79. The number of nitrogens with zero attached hydrogens (tertiary/aromatic N) is 1. The highest BCUT2D eigenvalue weighted by atomic mass is 79.9. The van der Waals surface area contributed by atoms with Crippen molar-refractivity contribution in [3.8, 4) is 0 Å². The van der Waals surface area contributed by atoms with E-state index in [4.69, 9.17) is 0 Å². The van der Waals surface area contributed by atoms with Gasteiger partial charge in [0.05, 0.1) is 4.90 Å². The van der Waals surface area contributed by atoms with E-state index in [1.807, 2.05) is 14.0 Å². The highest BCUT2D eigenvalue weighted by Crippen LogP contribution is 2.25. The standard InChI is InChI=1S/C13H20BrN3O3S/c1-9(15-2)8-16-13(18)10-5-6-12(11(14)7-10)21(19,20)17(3)4/h5-7,9,15H,8H2,1-4H3,(H,16,18). The maximum Gasteiger partial charge on any atom is 0.251 e. The summed E-state index contributed by atoms with van der Waals surface area (Å²) in [6, 6.07) is 4.59. The summed E-state index contributed by atoms with van der Waals surface area (Å²) in [6.45, 7) is 2.44. The van der Waals surface area contributed by atoms with E-state index in [1.165, 1.54) is 32.3 Å². The Morgan fingerprint density at radius 3 is 2.48 bits per heavy atom. The first-order chi connectivity index (χ1) is 9.70. The Morgan fingerprint density at radius 1 is 1.38 bits per heavy atom. The molecule has 0 heterocycles. The van der Waals surface area contributed by atoms with Crippen molar-refractivity contribution in [3.63, 3.8) is 0 Å². The van der Waals surface area contributed by atoms with Crippen LogP contribution in [0.4, 0.5) is 0 Å². The first-order valence-corrected chi connectivity index (χ1v) is 8.61. The van der Waals surface area contributed by atoms with Crippen LogP contribution >= 0.6 is 15.9 Å². The van der Waals surface area contributed by atoms with Crippen molar-refractivity contribution in [2.24, 2.45) is 0 Å². The van der Waals surface area contributed by atoms with Crippen LogP contribution in [0.5, 0.6) is 0 Å². The van der Waals surface area contributed by atoms with Crippen LogP contribution in [-0.4, -0.2) is 52.4 Å². The van der Waals surface area contributed by atoms with E-state index in [1.54, 1.807) is 0 Å². The molecule has 0 aromatic heterocycles. The van der Waals surface area contributed by atoms with E-state index in [0.717, 1.165) is 4.31 Å². The van der Waals surface area contributed by atoms with Crippen molar-refractivity contribution in [2.75, 3.05) is 27.7 Å². The largest absolute Gasteiger partial charge is 0.350 e. The third-order valence-corrected chi connectivity index (χ3v) is 5.81. The molecule has 0 aliphatic rings. The van der Waals surface area contributed by atoms with E-state index < -0.39 is 10.0 Å². The van der Waals surface area contributed by atoms with Gasteiger partial charge in [0, 0.05) is 36.7 Å². The number of rotatable bonds is 6. The molecule has 0 aliphatic heterocycles. The summed E-state index contributed by atoms with van der Waals surface area (Å²) < 4.78 is 25.6. The van der Waals surface area contributed by atoms with Gasteiger partial charge in [-0.25, -0.2) is 12.7 Å². The minimum absolute atomic E-state index is 0.132. The summed E-state index contributed by atoms with van der Waals surface area (Å²) in [5.74, 6) is -0.244. The summed E-state index contributed by atoms with van der Waals surface area (Å²) in [7, 11) is 1.20. The highest BCUT2D eigenvalue weighted by Gasteiger charge is 2.21. The molecule has 1 aromatic rings. The lowest BCUT2D eigenvalue weighted by atomic mass is 10.2. The van der Waals surface area contributed by atoms with Gasteiger partial charge in [0.2, 0.25) is 10.0 Å². The Morgan fingerprint density at radius 2 is 2.00 bits per heavy atom. The smallest absolute Gasteiger partial charge is 0.251 e. The van der Waals surface area contributed by atoms with Crippen LogP contribution in [0.1, 0.15) is 17.3 Å². The fourth-order valence-corrected chi connectivity index (χ4v) is 3.43. The number of sulfonamides is 1. The molecule has 0 bridgehead atoms. The van der Waals surface area contributed by atoms with Crippen LogP contribution in [0.3, 0.4) is 0 Å². The van der Waals surface area contributed by atoms with Crippen LogP contribution in [0.25, 0.3) is 0 Å². The predicted octanol–water partition coefficient (Wildman–Crippen LogP) is 1.04. The van der Waals surface area contributed by atoms with Gasteiger partial charge >= 0.3 is 0 Å². The van der Waals surface area contributed by atoms with Crippen LogP contribution in [-0.2, 0) is 10.0 Å². The lowest BCUT2D eigenvalue weighted by Crippen LogP contribution is -2.37. The van der Waals surface area contributed by atoms with Crippen LogP contribution < -0.4 is 10.6 Å². The summed E-state index contributed by atoms with van der Waals surface area (Å²) in [6.07, 6.45) is 0. The number of hydrogen-bond acceptors (Lipinski definition) is 4. The number of carbonyl (C=O) groups excluding carboxylic acids is 1. The van der Waals surface area contributed by atoms with Crippen molar-refractivity contribution in [1.82, 2.24) is 14.9 Å². The Labute approximate surface area is 134 Å². The van der Waals surface area contributed by atoms with Gasteiger partial charge in [0.25, 0.3) is 5.91 Å². The normalized spacial score (nSPS) is 13.2. The van der Waals surface area contributed by atoms with E-state index >= 15 is 0 Å². The molecule has 8 heteroatoms. The first kappa shape index (κ1) is 18.1. The molecule has 0 spiro atoms. The maximum atomic E-state index is 12.1. The van der Waals surface area contributed by atoms with E-state index in [0.29, 0.717) is 16.6 Å². The Balaban J connectivity index is 2.96. The minimum atomic E-state index is -3.53. The Bertz CT molecular complexity index is 617. The fourth-order valence-electron chi connectivity index (χ4n) is 1.50. The molecular weight excluding hydrogens is 358 g/mol. The average molecular weight is 378 g/mol. The monoisotopic (exact) mass is 377 g/mol. The number of hydrogen-bond donors (Lipinski definition) is 2.